The smallest absolute Gasteiger partial charge is 0.0637 e. The highest BCUT2D eigenvalue weighted by Gasteiger charge is 2.09. The Morgan fingerprint density at radius 3 is 2.56 bits per heavy atom. The number of methoxy groups -OCH3 is 1. The maximum atomic E-state index is 5.20. The van der Waals surface area contributed by atoms with E-state index in [1.807, 2.05) is 0 Å². The third-order valence-corrected chi connectivity index (χ3v) is 3.59. The van der Waals surface area contributed by atoms with E-state index in [0.29, 0.717) is 5.92 Å². The van der Waals surface area contributed by atoms with Crippen LogP contribution in [0, 0.1) is 12.8 Å². The molecule has 0 radical (unpaired) electrons. The minimum absolute atomic E-state index is 0.651. The zero-order chi connectivity index (χ0) is 13.5. The van der Waals surface area contributed by atoms with E-state index in [0.717, 1.165) is 25.0 Å². The van der Waals surface area contributed by atoms with Crippen LogP contribution in [0.2, 0.25) is 0 Å². The normalized spacial score (nSPS) is 11.0. The van der Waals surface area contributed by atoms with Crippen molar-refractivity contribution in [3.05, 3.63) is 29.3 Å². The summed E-state index contributed by atoms with van der Waals surface area (Å²) in [6, 6.07) is 6.69. The number of rotatable bonds is 7. The van der Waals surface area contributed by atoms with E-state index in [-0.39, 0.29) is 0 Å². The highest BCUT2D eigenvalue weighted by molar-refractivity contribution is 9.08. The van der Waals surface area contributed by atoms with Gasteiger partial charge in [-0.05, 0) is 36.1 Å². The predicted octanol–water partition coefficient (Wildman–Crippen LogP) is 4.00. The van der Waals surface area contributed by atoms with Crippen molar-refractivity contribution in [2.75, 3.05) is 31.7 Å². The average Bonchev–Trinajstić information content (AvgIpc) is 2.34. The summed E-state index contributed by atoms with van der Waals surface area (Å²) in [4.78, 5) is 2.40. The Morgan fingerprint density at radius 2 is 2.06 bits per heavy atom. The molecule has 0 spiro atoms. The quantitative estimate of drug-likeness (QED) is 0.705. The predicted molar refractivity (Wildman–Crippen MR) is 82.7 cm³/mol. The molecule has 1 aromatic rings. The Labute approximate surface area is 119 Å². The molecule has 0 amide bonds. The molecule has 2 nitrogen and oxygen atoms in total. The Bertz CT molecular complexity index is 366. The molecule has 18 heavy (non-hydrogen) atoms. The second kappa shape index (κ2) is 7.80. The first-order valence-electron chi connectivity index (χ1n) is 6.47. The van der Waals surface area contributed by atoms with Crippen molar-refractivity contribution in [1.82, 2.24) is 0 Å². The SMILES string of the molecule is COCCN(CC(C)C)c1ccc(CBr)c(C)c1. The second-order valence-electron chi connectivity index (χ2n) is 5.08. The van der Waals surface area contributed by atoms with Crippen LogP contribution in [0.15, 0.2) is 18.2 Å². The third-order valence-electron chi connectivity index (χ3n) is 2.99. The molecule has 0 aliphatic carbocycles. The largest absolute Gasteiger partial charge is 0.383 e. The molecule has 0 aliphatic heterocycles. The lowest BCUT2D eigenvalue weighted by Gasteiger charge is -2.27. The summed E-state index contributed by atoms with van der Waals surface area (Å²) in [5.74, 6) is 0.651. The molecule has 0 aliphatic rings. The molecule has 1 aromatic carbocycles. The van der Waals surface area contributed by atoms with Crippen LogP contribution in [0.25, 0.3) is 0 Å². The topological polar surface area (TPSA) is 12.5 Å². The standard InChI is InChI=1S/C15H24BrNO/c1-12(2)11-17(7-8-18-4)15-6-5-14(10-16)13(3)9-15/h5-6,9,12H,7-8,10-11H2,1-4H3. The summed E-state index contributed by atoms with van der Waals surface area (Å²) < 4.78 is 5.20. The van der Waals surface area contributed by atoms with Gasteiger partial charge in [-0.15, -0.1) is 0 Å². The van der Waals surface area contributed by atoms with Gasteiger partial charge in [-0.2, -0.15) is 0 Å². The minimum Gasteiger partial charge on any atom is -0.383 e. The van der Waals surface area contributed by atoms with Crippen molar-refractivity contribution in [3.8, 4) is 0 Å². The summed E-state index contributed by atoms with van der Waals surface area (Å²) in [7, 11) is 1.76. The van der Waals surface area contributed by atoms with Crippen LogP contribution in [0.3, 0.4) is 0 Å². The number of aryl methyl sites for hydroxylation is 1. The highest BCUT2D eigenvalue weighted by atomic mass is 79.9. The van der Waals surface area contributed by atoms with Gasteiger partial charge in [0, 0.05) is 31.2 Å². The Kier molecular flexibility index (Phi) is 6.72. The number of hydrogen-bond acceptors (Lipinski definition) is 2. The molecule has 0 atom stereocenters. The van der Waals surface area contributed by atoms with Gasteiger partial charge in [0.05, 0.1) is 6.61 Å². The lowest BCUT2D eigenvalue weighted by atomic mass is 10.1. The van der Waals surface area contributed by atoms with E-state index >= 15 is 0 Å². The van der Waals surface area contributed by atoms with E-state index in [2.05, 4.69) is 59.8 Å². The molecule has 1 rings (SSSR count). The van der Waals surface area contributed by atoms with Gasteiger partial charge >= 0.3 is 0 Å². The van der Waals surface area contributed by atoms with E-state index in [9.17, 15) is 0 Å². The Morgan fingerprint density at radius 1 is 1.33 bits per heavy atom. The fourth-order valence-corrected chi connectivity index (χ4v) is 2.62. The number of ether oxygens (including phenoxy) is 1. The molecule has 0 saturated carbocycles. The maximum Gasteiger partial charge on any atom is 0.0637 e. The highest BCUT2D eigenvalue weighted by Crippen LogP contribution is 2.21. The van der Waals surface area contributed by atoms with Crippen LogP contribution in [0.4, 0.5) is 5.69 Å². The van der Waals surface area contributed by atoms with E-state index in [1.54, 1.807) is 7.11 Å². The van der Waals surface area contributed by atoms with Gasteiger partial charge in [0.15, 0.2) is 0 Å². The van der Waals surface area contributed by atoms with Crippen molar-refractivity contribution in [2.45, 2.75) is 26.1 Å². The zero-order valence-corrected chi connectivity index (χ0v) is 13.5. The van der Waals surface area contributed by atoms with Crippen LogP contribution in [0.5, 0.6) is 0 Å². The van der Waals surface area contributed by atoms with Crippen molar-refractivity contribution in [1.29, 1.82) is 0 Å². The Balaban J connectivity index is 2.86. The van der Waals surface area contributed by atoms with Gasteiger partial charge in [-0.3, -0.25) is 0 Å². The van der Waals surface area contributed by atoms with Crippen LogP contribution in [-0.4, -0.2) is 26.8 Å². The van der Waals surface area contributed by atoms with Crippen molar-refractivity contribution >= 4 is 21.6 Å². The van der Waals surface area contributed by atoms with E-state index in [1.165, 1.54) is 16.8 Å². The van der Waals surface area contributed by atoms with Crippen molar-refractivity contribution < 1.29 is 4.74 Å². The monoisotopic (exact) mass is 313 g/mol. The van der Waals surface area contributed by atoms with Crippen molar-refractivity contribution in [2.24, 2.45) is 5.92 Å². The molecule has 0 aromatic heterocycles. The van der Waals surface area contributed by atoms with Gasteiger partial charge in [0.1, 0.15) is 0 Å². The molecule has 0 heterocycles. The average molecular weight is 314 g/mol. The zero-order valence-electron chi connectivity index (χ0n) is 11.9. The molecule has 3 heteroatoms. The lowest BCUT2D eigenvalue weighted by Crippen LogP contribution is -2.31. The first-order chi connectivity index (χ1) is 8.58. The Hall–Kier alpha value is -0.540. The fourth-order valence-electron chi connectivity index (χ4n) is 1.99. The number of nitrogens with zero attached hydrogens (tertiary/aromatic N) is 1. The molecule has 0 saturated heterocycles. The third kappa shape index (κ3) is 4.62. The molecule has 0 N–H and O–H groups in total. The number of halogens is 1. The molecular formula is C15H24BrNO. The van der Waals surface area contributed by atoms with Gasteiger partial charge in [-0.1, -0.05) is 35.8 Å². The molecular weight excluding hydrogens is 290 g/mol. The van der Waals surface area contributed by atoms with Crippen LogP contribution in [0.1, 0.15) is 25.0 Å². The summed E-state index contributed by atoms with van der Waals surface area (Å²) in [6.07, 6.45) is 0. The summed E-state index contributed by atoms with van der Waals surface area (Å²) >= 11 is 3.52. The minimum atomic E-state index is 0.651. The van der Waals surface area contributed by atoms with Crippen LogP contribution in [-0.2, 0) is 10.1 Å². The number of anilines is 1. The van der Waals surface area contributed by atoms with Gasteiger partial charge < -0.3 is 9.64 Å². The van der Waals surface area contributed by atoms with Gasteiger partial charge in [-0.25, -0.2) is 0 Å². The second-order valence-corrected chi connectivity index (χ2v) is 5.64. The fraction of sp³-hybridized carbons (Fsp3) is 0.600. The molecule has 102 valence electrons. The van der Waals surface area contributed by atoms with Crippen LogP contribution < -0.4 is 4.90 Å². The maximum absolute atomic E-state index is 5.20. The number of benzene rings is 1. The lowest BCUT2D eigenvalue weighted by molar-refractivity contribution is 0.204. The first kappa shape index (κ1) is 15.5. The van der Waals surface area contributed by atoms with Crippen molar-refractivity contribution in [3.63, 3.8) is 0 Å². The van der Waals surface area contributed by atoms with E-state index < -0.39 is 0 Å². The summed E-state index contributed by atoms with van der Waals surface area (Å²) in [5, 5.41) is 0.918. The van der Waals surface area contributed by atoms with Gasteiger partial charge in [0.2, 0.25) is 0 Å². The van der Waals surface area contributed by atoms with Gasteiger partial charge in [0.25, 0.3) is 0 Å². The summed E-state index contributed by atoms with van der Waals surface area (Å²) in [5.41, 5.74) is 3.99. The first-order valence-corrected chi connectivity index (χ1v) is 7.60. The van der Waals surface area contributed by atoms with E-state index in [4.69, 9.17) is 4.74 Å². The molecule has 0 unspecified atom stereocenters. The molecule has 0 fully saturated rings. The molecule has 0 bridgehead atoms. The number of alkyl halides is 1. The van der Waals surface area contributed by atoms with Crippen LogP contribution >= 0.6 is 15.9 Å². The number of hydrogen-bond donors (Lipinski definition) is 0. The summed E-state index contributed by atoms with van der Waals surface area (Å²) in [6.45, 7) is 9.45.